The zero-order valence-corrected chi connectivity index (χ0v) is 12.2. The predicted octanol–water partition coefficient (Wildman–Crippen LogP) is 1.51. The summed E-state index contributed by atoms with van der Waals surface area (Å²) in [4.78, 5) is 28.3. The van der Waals surface area contributed by atoms with Gasteiger partial charge in [-0.25, -0.2) is 4.79 Å². The van der Waals surface area contributed by atoms with Gasteiger partial charge >= 0.3 is 5.97 Å². The third kappa shape index (κ3) is 4.18. The van der Waals surface area contributed by atoms with E-state index in [9.17, 15) is 9.59 Å². The van der Waals surface area contributed by atoms with E-state index in [1.54, 1.807) is 22.3 Å². The number of rotatable bonds is 4. The minimum absolute atomic E-state index is 0.157. The molecule has 20 heavy (non-hydrogen) atoms. The molecular weight excluding hydrogens is 276 g/mol. The molecule has 0 radical (unpaired) electrons. The Morgan fingerprint density at radius 1 is 1.45 bits per heavy atom. The maximum Gasteiger partial charge on any atom is 0.328 e. The van der Waals surface area contributed by atoms with E-state index in [0.29, 0.717) is 6.54 Å². The van der Waals surface area contributed by atoms with Gasteiger partial charge in [-0.3, -0.25) is 9.69 Å². The van der Waals surface area contributed by atoms with Crippen LogP contribution < -0.4 is 0 Å². The smallest absolute Gasteiger partial charge is 0.328 e. The zero-order chi connectivity index (χ0) is 14.5. The Morgan fingerprint density at radius 3 is 3.00 bits per heavy atom. The average Bonchev–Trinajstić information content (AvgIpc) is 2.76. The molecule has 1 aromatic rings. The molecule has 1 aromatic heterocycles. The van der Waals surface area contributed by atoms with Crippen LogP contribution in [0.15, 0.2) is 18.2 Å². The Morgan fingerprint density at radius 2 is 2.25 bits per heavy atom. The second kappa shape index (κ2) is 6.67. The van der Waals surface area contributed by atoms with Gasteiger partial charge in [0.2, 0.25) is 5.91 Å². The van der Waals surface area contributed by atoms with Crippen LogP contribution in [0.25, 0.3) is 6.08 Å². The normalized spacial score (nSPS) is 17.6. The van der Waals surface area contributed by atoms with Crippen molar-refractivity contribution in [1.82, 2.24) is 9.80 Å². The van der Waals surface area contributed by atoms with E-state index in [1.807, 2.05) is 19.2 Å². The molecule has 0 spiro atoms. The lowest BCUT2D eigenvalue weighted by Crippen LogP contribution is -2.33. The minimum atomic E-state index is -0.943. The molecule has 108 valence electrons. The van der Waals surface area contributed by atoms with E-state index in [1.165, 1.54) is 0 Å². The van der Waals surface area contributed by atoms with Gasteiger partial charge in [0.15, 0.2) is 0 Å². The lowest BCUT2D eigenvalue weighted by Gasteiger charge is -2.18. The minimum Gasteiger partial charge on any atom is -0.478 e. The molecule has 1 aliphatic rings. The molecule has 1 fully saturated rings. The van der Waals surface area contributed by atoms with Crippen LogP contribution in [0, 0.1) is 0 Å². The van der Waals surface area contributed by atoms with E-state index in [2.05, 4.69) is 4.90 Å². The lowest BCUT2D eigenvalue weighted by molar-refractivity contribution is -0.131. The number of nitrogens with zero attached hydrogens (tertiary/aromatic N) is 2. The molecule has 0 atom stereocenters. The predicted molar refractivity (Wildman–Crippen MR) is 78.5 cm³/mol. The molecule has 2 rings (SSSR count). The number of amides is 1. The Bertz CT molecular complexity index is 524. The van der Waals surface area contributed by atoms with Crippen LogP contribution in [-0.2, 0) is 16.1 Å². The number of hydrogen-bond acceptors (Lipinski definition) is 4. The molecule has 1 aliphatic heterocycles. The fraction of sp³-hybridized carbons (Fsp3) is 0.429. The van der Waals surface area contributed by atoms with E-state index < -0.39 is 5.97 Å². The summed E-state index contributed by atoms with van der Waals surface area (Å²) in [6.07, 6.45) is 3.72. The Hall–Kier alpha value is -1.66. The van der Waals surface area contributed by atoms with Crippen molar-refractivity contribution in [2.45, 2.75) is 13.0 Å². The fourth-order valence-corrected chi connectivity index (χ4v) is 3.08. The van der Waals surface area contributed by atoms with Crippen LogP contribution in [0.3, 0.4) is 0 Å². The topological polar surface area (TPSA) is 60.9 Å². The number of aliphatic carboxylic acids is 1. The second-order valence-corrected chi connectivity index (χ2v) is 6.06. The van der Waals surface area contributed by atoms with Gasteiger partial charge in [0.05, 0.1) is 6.54 Å². The van der Waals surface area contributed by atoms with Crippen LogP contribution in [-0.4, -0.2) is 53.5 Å². The van der Waals surface area contributed by atoms with Crippen LogP contribution in [0.4, 0.5) is 0 Å². The summed E-state index contributed by atoms with van der Waals surface area (Å²) in [6.45, 7) is 2.92. The zero-order valence-electron chi connectivity index (χ0n) is 11.4. The maximum absolute atomic E-state index is 11.8. The lowest BCUT2D eigenvalue weighted by atomic mass is 10.3. The van der Waals surface area contributed by atoms with Crippen molar-refractivity contribution in [1.29, 1.82) is 0 Å². The first-order valence-corrected chi connectivity index (χ1v) is 7.32. The van der Waals surface area contributed by atoms with Gasteiger partial charge in [-0.05, 0) is 24.6 Å². The van der Waals surface area contributed by atoms with Crippen molar-refractivity contribution < 1.29 is 14.7 Å². The van der Waals surface area contributed by atoms with Crippen molar-refractivity contribution in [2.75, 3.05) is 26.7 Å². The SMILES string of the molecule is CN1CCCN(Cc2ccc(/C=C/C(=O)O)s2)CC1=O. The first kappa shape index (κ1) is 14.7. The maximum atomic E-state index is 11.8. The van der Waals surface area contributed by atoms with Crippen LogP contribution in [0.1, 0.15) is 16.2 Å². The molecule has 1 N–H and O–H groups in total. The van der Waals surface area contributed by atoms with Gasteiger partial charge in [-0.1, -0.05) is 0 Å². The van der Waals surface area contributed by atoms with E-state index in [0.717, 1.165) is 41.9 Å². The van der Waals surface area contributed by atoms with Crippen LogP contribution >= 0.6 is 11.3 Å². The molecule has 5 nitrogen and oxygen atoms in total. The van der Waals surface area contributed by atoms with Crippen molar-refractivity contribution in [3.8, 4) is 0 Å². The molecule has 6 heteroatoms. The van der Waals surface area contributed by atoms with Gasteiger partial charge in [0, 0.05) is 42.5 Å². The van der Waals surface area contributed by atoms with Gasteiger partial charge in [-0.2, -0.15) is 0 Å². The first-order chi connectivity index (χ1) is 9.54. The van der Waals surface area contributed by atoms with Crippen molar-refractivity contribution >= 4 is 29.3 Å². The highest BCUT2D eigenvalue weighted by atomic mass is 32.1. The summed E-state index contributed by atoms with van der Waals surface area (Å²) in [5.74, 6) is -0.786. The van der Waals surface area contributed by atoms with Gasteiger partial charge in [-0.15, -0.1) is 11.3 Å². The van der Waals surface area contributed by atoms with E-state index >= 15 is 0 Å². The standard InChI is InChI=1S/C14H18N2O3S/c1-15-7-2-8-16(10-13(15)17)9-12-4-3-11(20-12)5-6-14(18)19/h3-6H,2,7-10H2,1H3,(H,18,19)/b6-5+. The number of hydrogen-bond donors (Lipinski definition) is 1. The number of likely N-dealkylation sites (N-methyl/N-ethyl adjacent to an activating group) is 1. The Kier molecular flexibility index (Phi) is 4.92. The van der Waals surface area contributed by atoms with Crippen molar-refractivity contribution in [3.63, 3.8) is 0 Å². The summed E-state index contributed by atoms with van der Waals surface area (Å²) < 4.78 is 0. The number of carboxylic acid groups (broad SMARTS) is 1. The first-order valence-electron chi connectivity index (χ1n) is 6.50. The van der Waals surface area contributed by atoms with E-state index in [-0.39, 0.29) is 5.91 Å². The Balaban J connectivity index is 1.96. The second-order valence-electron chi connectivity index (χ2n) is 4.86. The monoisotopic (exact) mass is 294 g/mol. The summed E-state index contributed by atoms with van der Waals surface area (Å²) in [6, 6.07) is 3.90. The number of carbonyl (C=O) groups excluding carboxylic acids is 1. The third-order valence-electron chi connectivity index (χ3n) is 3.20. The highest BCUT2D eigenvalue weighted by molar-refractivity contribution is 7.12. The number of carbonyl (C=O) groups is 2. The van der Waals surface area contributed by atoms with Gasteiger partial charge in [0.25, 0.3) is 0 Å². The Labute approximate surface area is 122 Å². The molecular formula is C14H18N2O3S. The number of thiophene rings is 1. The molecule has 0 saturated carbocycles. The summed E-state index contributed by atoms with van der Waals surface area (Å²) >= 11 is 1.56. The van der Waals surface area contributed by atoms with Gasteiger partial charge in [0.1, 0.15) is 0 Å². The van der Waals surface area contributed by atoms with Crippen LogP contribution in [0.5, 0.6) is 0 Å². The van der Waals surface area contributed by atoms with E-state index in [4.69, 9.17) is 5.11 Å². The highest BCUT2D eigenvalue weighted by Gasteiger charge is 2.19. The van der Waals surface area contributed by atoms with Crippen LogP contribution in [0.2, 0.25) is 0 Å². The highest BCUT2D eigenvalue weighted by Crippen LogP contribution is 2.20. The molecule has 0 bridgehead atoms. The fourth-order valence-electron chi connectivity index (χ4n) is 2.13. The number of carboxylic acids is 1. The summed E-state index contributed by atoms with van der Waals surface area (Å²) in [7, 11) is 1.84. The summed E-state index contributed by atoms with van der Waals surface area (Å²) in [5.41, 5.74) is 0. The third-order valence-corrected chi connectivity index (χ3v) is 4.24. The largest absolute Gasteiger partial charge is 0.478 e. The quantitative estimate of drug-likeness (QED) is 0.855. The molecule has 1 amide bonds. The summed E-state index contributed by atoms with van der Waals surface area (Å²) in [5, 5.41) is 8.60. The average molecular weight is 294 g/mol. The van der Waals surface area contributed by atoms with Gasteiger partial charge < -0.3 is 10.0 Å². The molecule has 1 saturated heterocycles. The van der Waals surface area contributed by atoms with Crippen molar-refractivity contribution in [2.24, 2.45) is 0 Å². The molecule has 0 unspecified atom stereocenters. The molecule has 2 heterocycles. The molecule has 0 aliphatic carbocycles. The van der Waals surface area contributed by atoms with Crippen molar-refractivity contribution in [3.05, 3.63) is 28.0 Å². The molecule has 0 aromatic carbocycles.